The van der Waals surface area contributed by atoms with E-state index in [4.69, 9.17) is 0 Å². The van der Waals surface area contributed by atoms with E-state index in [-0.39, 0.29) is 11.6 Å². The van der Waals surface area contributed by atoms with Gasteiger partial charge in [0.25, 0.3) is 5.91 Å². The van der Waals surface area contributed by atoms with Crippen molar-refractivity contribution in [2.45, 2.75) is 38.2 Å². The molecule has 1 aliphatic carbocycles. The van der Waals surface area contributed by atoms with Gasteiger partial charge in [0.15, 0.2) is 0 Å². The van der Waals surface area contributed by atoms with E-state index in [0.29, 0.717) is 12.5 Å². The van der Waals surface area contributed by atoms with E-state index in [1.807, 2.05) is 0 Å². The maximum absolute atomic E-state index is 11.7. The Kier molecular flexibility index (Phi) is 4.64. The predicted octanol–water partition coefficient (Wildman–Crippen LogP) is 1.15. The van der Waals surface area contributed by atoms with Gasteiger partial charge in [0.05, 0.1) is 12.3 Å². The fraction of sp³-hybridized carbons (Fsp3) is 0.615. The molecular weight excluding hydrogens is 230 g/mol. The van der Waals surface area contributed by atoms with E-state index >= 15 is 0 Å². The molecule has 0 bridgehead atoms. The third-order valence-corrected chi connectivity index (χ3v) is 3.46. The monoisotopic (exact) mass is 249 g/mol. The van der Waals surface area contributed by atoms with E-state index in [1.54, 1.807) is 0 Å². The highest BCUT2D eigenvalue weighted by atomic mass is 16.3. The topological polar surface area (TPSA) is 75.1 Å². The molecule has 1 saturated carbocycles. The van der Waals surface area contributed by atoms with Crippen LogP contribution in [0.1, 0.15) is 42.6 Å². The Morgan fingerprint density at radius 2 is 2.17 bits per heavy atom. The Morgan fingerprint density at radius 1 is 1.39 bits per heavy atom. The van der Waals surface area contributed by atoms with Gasteiger partial charge in [-0.3, -0.25) is 9.78 Å². The predicted molar refractivity (Wildman–Crippen MR) is 66.9 cm³/mol. The van der Waals surface area contributed by atoms with Crippen molar-refractivity contribution in [2.75, 3.05) is 6.54 Å². The molecule has 2 N–H and O–H groups in total. The van der Waals surface area contributed by atoms with Crippen LogP contribution < -0.4 is 5.32 Å². The first-order chi connectivity index (χ1) is 8.77. The van der Waals surface area contributed by atoms with Crippen molar-refractivity contribution in [3.8, 4) is 0 Å². The number of nitrogens with zero attached hydrogens (tertiary/aromatic N) is 2. The summed E-state index contributed by atoms with van der Waals surface area (Å²) in [6, 6.07) is 0. The number of amides is 1. The number of hydrogen-bond donors (Lipinski definition) is 2. The summed E-state index contributed by atoms with van der Waals surface area (Å²) in [5.74, 6) is 0.0406. The van der Waals surface area contributed by atoms with Crippen LogP contribution in [-0.4, -0.2) is 33.6 Å². The molecule has 1 aliphatic rings. The Labute approximate surface area is 107 Å². The number of nitrogens with one attached hydrogen (secondary N) is 1. The van der Waals surface area contributed by atoms with Crippen molar-refractivity contribution < 1.29 is 9.90 Å². The van der Waals surface area contributed by atoms with Gasteiger partial charge in [-0.15, -0.1) is 0 Å². The molecule has 98 valence electrons. The van der Waals surface area contributed by atoms with Crippen molar-refractivity contribution >= 4 is 5.91 Å². The first-order valence-electron chi connectivity index (χ1n) is 6.49. The van der Waals surface area contributed by atoms with Crippen LogP contribution in [0.5, 0.6) is 0 Å². The summed E-state index contributed by atoms with van der Waals surface area (Å²) in [5, 5.41) is 12.7. The molecule has 1 amide bonds. The zero-order valence-electron chi connectivity index (χ0n) is 10.4. The lowest BCUT2D eigenvalue weighted by molar-refractivity contribution is 0.0735. The lowest BCUT2D eigenvalue weighted by Crippen LogP contribution is -2.37. The zero-order chi connectivity index (χ0) is 12.8. The molecule has 2 rings (SSSR count). The van der Waals surface area contributed by atoms with E-state index in [1.165, 1.54) is 37.9 Å². The van der Waals surface area contributed by atoms with Crippen molar-refractivity contribution in [3.63, 3.8) is 0 Å². The number of rotatable bonds is 4. The Balaban J connectivity index is 1.78. The summed E-state index contributed by atoms with van der Waals surface area (Å²) in [4.78, 5) is 19.5. The highest BCUT2D eigenvalue weighted by Crippen LogP contribution is 2.26. The third kappa shape index (κ3) is 3.50. The molecule has 1 atom stereocenters. The lowest BCUT2D eigenvalue weighted by atomic mass is 9.85. The molecule has 0 aromatic carbocycles. The molecular formula is C13H19N3O2. The van der Waals surface area contributed by atoms with E-state index in [2.05, 4.69) is 15.3 Å². The second-order valence-electron chi connectivity index (χ2n) is 4.77. The summed E-state index contributed by atoms with van der Waals surface area (Å²) in [7, 11) is 0. The molecule has 0 spiro atoms. The average Bonchev–Trinajstić information content (AvgIpc) is 2.46. The van der Waals surface area contributed by atoms with Crippen LogP contribution in [0.15, 0.2) is 18.6 Å². The molecule has 1 unspecified atom stereocenters. The van der Waals surface area contributed by atoms with Gasteiger partial charge in [-0.2, -0.15) is 0 Å². The van der Waals surface area contributed by atoms with E-state index in [9.17, 15) is 9.90 Å². The Bertz CT molecular complexity index is 377. The summed E-state index contributed by atoms with van der Waals surface area (Å²) in [5.41, 5.74) is 0.286. The molecule has 0 radical (unpaired) electrons. The van der Waals surface area contributed by atoms with E-state index in [0.717, 1.165) is 12.8 Å². The van der Waals surface area contributed by atoms with Gasteiger partial charge >= 0.3 is 0 Å². The number of carbonyl (C=O) groups is 1. The summed E-state index contributed by atoms with van der Waals surface area (Å²) in [6.45, 7) is 0.292. The van der Waals surface area contributed by atoms with E-state index < -0.39 is 6.10 Å². The number of aromatic nitrogens is 2. The van der Waals surface area contributed by atoms with Crippen LogP contribution in [0.3, 0.4) is 0 Å². The lowest BCUT2D eigenvalue weighted by Gasteiger charge is -2.26. The normalized spacial score (nSPS) is 18.3. The van der Waals surface area contributed by atoms with Gasteiger partial charge in [-0.25, -0.2) is 4.98 Å². The number of hydrogen-bond acceptors (Lipinski definition) is 4. The highest BCUT2D eigenvalue weighted by molar-refractivity contribution is 5.91. The average molecular weight is 249 g/mol. The van der Waals surface area contributed by atoms with Crippen LogP contribution in [0.4, 0.5) is 0 Å². The first kappa shape index (κ1) is 13.0. The molecule has 1 aromatic heterocycles. The quantitative estimate of drug-likeness (QED) is 0.839. The SMILES string of the molecule is O=C(NCC(O)C1CCCCC1)c1cnccn1. The van der Waals surface area contributed by atoms with Crippen molar-refractivity contribution in [3.05, 3.63) is 24.3 Å². The van der Waals surface area contributed by atoms with Crippen LogP contribution in [0.2, 0.25) is 0 Å². The number of carbonyl (C=O) groups excluding carboxylic acids is 1. The van der Waals surface area contributed by atoms with Gasteiger partial charge in [-0.1, -0.05) is 19.3 Å². The minimum atomic E-state index is -0.453. The minimum Gasteiger partial charge on any atom is -0.391 e. The van der Waals surface area contributed by atoms with Crippen LogP contribution in [0, 0.1) is 5.92 Å². The summed E-state index contributed by atoms with van der Waals surface area (Å²) >= 11 is 0. The molecule has 18 heavy (non-hydrogen) atoms. The van der Waals surface area contributed by atoms with Crippen LogP contribution in [0.25, 0.3) is 0 Å². The molecule has 1 aromatic rings. The zero-order valence-corrected chi connectivity index (χ0v) is 10.4. The standard InChI is InChI=1S/C13H19N3O2/c17-12(10-4-2-1-3-5-10)9-16-13(18)11-8-14-6-7-15-11/h6-8,10,12,17H,1-5,9H2,(H,16,18). The summed E-state index contributed by atoms with van der Waals surface area (Å²) < 4.78 is 0. The fourth-order valence-electron chi connectivity index (χ4n) is 2.39. The van der Waals surface area contributed by atoms with Gasteiger partial charge in [0.2, 0.25) is 0 Å². The largest absolute Gasteiger partial charge is 0.391 e. The number of aliphatic hydroxyl groups is 1. The van der Waals surface area contributed by atoms with Crippen LogP contribution >= 0.6 is 0 Å². The molecule has 0 aliphatic heterocycles. The second-order valence-corrected chi connectivity index (χ2v) is 4.77. The fourth-order valence-corrected chi connectivity index (χ4v) is 2.39. The third-order valence-electron chi connectivity index (χ3n) is 3.46. The highest BCUT2D eigenvalue weighted by Gasteiger charge is 2.22. The smallest absolute Gasteiger partial charge is 0.271 e. The van der Waals surface area contributed by atoms with Gasteiger partial charge in [-0.05, 0) is 18.8 Å². The Hall–Kier alpha value is -1.49. The van der Waals surface area contributed by atoms with Crippen molar-refractivity contribution in [1.82, 2.24) is 15.3 Å². The molecule has 0 saturated heterocycles. The van der Waals surface area contributed by atoms with Crippen molar-refractivity contribution in [1.29, 1.82) is 0 Å². The van der Waals surface area contributed by atoms with Crippen LogP contribution in [-0.2, 0) is 0 Å². The number of aliphatic hydroxyl groups excluding tert-OH is 1. The van der Waals surface area contributed by atoms with Gasteiger partial charge < -0.3 is 10.4 Å². The second kappa shape index (κ2) is 6.44. The maximum atomic E-state index is 11.7. The van der Waals surface area contributed by atoms with Gasteiger partial charge in [0, 0.05) is 18.9 Å². The maximum Gasteiger partial charge on any atom is 0.271 e. The molecule has 1 fully saturated rings. The summed E-state index contributed by atoms with van der Waals surface area (Å²) in [6.07, 6.45) is 9.70. The first-order valence-corrected chi connectivity index (χ1v) is 6.49. The Morgan fingerprint density at radius 3 is 2.83 bits per heavy atom. The van der Waals surface area contributed by atoms with Crippen molar-refractivity contribution in [2.24, 2.45) is 5.92 Å². The molecule has 1 heterocycles. The minimum absolute atomic E-state index is 0.280. The van der Waals surface area contributed by atoms with Gasteiger partial charge in [0.1, 0.15) is 5.69 Å². The molecule has 5 heteroatoms. The molecule has 5 nitrogen and oxygen atoms in total.